The number of hydrogen-bond donors (Lipinski definition) is 0. The Labute approximate surface area is 217 Å². The Morgan fingerprint density at radius 3 is 2.31 bits per heavy atom. The van der Waals surface area contributed by atoms with Crippen molar-refractivity contribution in [3.05, 3.63) is 92.7 Å². The van der Waals surface area contributed by atoms with E-state index in [-0.39, 0.29) is 29.0 Å². The van der Waals surface area contributed by atoms with E-state index in [1.54, 1.807) is 37.8 Å². The Morgan fingerprint density at radius 1 is 1.08 bits per heavy atom. The molecule has 1 aliphatic rings. The number of ether oxygens (including phenoxy) is 3. The molecule has 3 rings (SSSR count). The molecule has 0 bridgehead atoms. The Hall–Kier alpha value is -3.46. The number of nitrogens with zero attached hydrogens (tertiary/aromatic N) is 2. The molecule has 0 saturated heterocycles. The van der Waals surface area contributed by atoms with Gasteiger partial charge in [-0.2, -0.15) is 0 Å². The van der Waals surface area contributed by atoms with Crippen LogP contribution in [0.1, 0.15) is 37.8 Å². The van der Waals surface area contributed by atoms with Crippen LogP contribution >= 0.6 is 0 Å². The molecule has 9 nitrogen and oxygen atoms in total. The van der Waals surface area contributed by atoms with Crippen LogP contribution in [0.5, 0.6) is 0 Å². The monoisotopic (exact) mass is 560 g/mol. The van der Waals surface area contributed by atoms with Crippen molar-refractivity contribution in [2.45, 2.75) is 33.0 Å². The molecular formula is C26H28N2O7Se. The average molecular weight is 559 g/mol. The predicted molar refractivity (Wildman–Crippen MR) is 135 cm³/mol. The summed E-state index contributed by atoms with van der Waals surface area (Å²) in [5.41, 5.74) is 2.23. The second-order valence-electron chi connectivity index (χ2n) is 7.87. The maximum atomic E-state index is 13.6. The van der Waals surface area contributed by atoms with Gasteiger partial charge >= 0.3 is 218 Å². The number of hydrogen-bond acceptors (Lipinski definition) is 8. The molecule has 0 aliphatic carbocycles. The number of carbonyl (C=O) groups is 2. The zero-order valence-electron chi connectivity index (χ0n) is 20.5. The van der Waals surface area contributed by atoms with Gasteiger partial charge in [-0.3, -0.25) is 0 Å². The van der Waals surface area contributed by atoms with Gasteiger partial charge in [-0.05, 0) is 0 Å². The first-order valence-electron chi connectivity index (χ1n) is 11.3. The Morgan fingerprint density at radius 2 is 1.72 bits per heavy atom. The number of rotatable bonds is 9. The van der Waals surface area contributed by atoms with Crippen molar-refractivity contribution in [1.82, 2.24) is 4.90 Å². The van der Waals surface area contributed by atoms with Crippen LogP contribution in [0.3, 0.4) is 0 Å². The third-order valence-electron chi connectivity index (χ3n) is 5.85. The summed E-state index contributed by atoms with van der Waals surface area (Å²) in [6.07, 6.45) is -0.874. The molecule has 2 aromatic rings. The summed E-state index contributed by atoms with van der Waals surface area (Å²) in [7, 11) is 1.40. The summed E-state index contributed by atoms with van der Waals surface area (Å²) in [5.74, 6) is -2.54. The molecule has 0 spiro atoms. The fourth-order valence-corrected chi connectivity index (χ4v) is 4.93. The number of nitro benzene ring substituents is 1. The Kier molecular flexibility index (Phi) is 9.03. The molecule has 10 heteroatoms. The first-order valence-corrected chi connectivity index (χ1v) is 12.6. The first-order chi connectivity index (χ1) is 17.3. The van der Waals surface area contributed by atoms with Crippen molar-refractivity contribution < 1.29 is 28.7 Å². The number of esters is 2. The predicted octanol–water partition coefficient (Wildman–Crippen LogP) is 3.64. The minimum atomic E-state index is -1.12. The number of benzene rings is 2. The van der Waals surface area contributed by atoms with Gasteiger partial charge < -0.3 is 0 Å². The molecule has 2 unspecified atom stereocenters. The van der Waals surface area contributed by atoms with Crippen molar-refractivity contribution in [3.63, 3.8) is 0 Å². The zero-order valence-corrected chi connectivity index (χ0v) is 22.3. The summed E-state index contributed by atoms with van der Waals surface area (Å²) in [6.45, 7) is 5.05. The van der Waals surface area contributed by atoms with E-state index in [0.717, 1.165) is 0 Å². The molecule has 1 heterocycles. The molecule has 0 saturated carbocycles. The van der Waals surface area contributed by atoms with Crippen molar-refractivity contribution in [2.75, 3.05) is 19.2 Å². The van der Waals surface area contributed by atoms with Crippen molar-refractivity contribution in [1.29, 1.82) is 0 Å². The number of nitro groups is 1. The van der Waals surface area contributed by atoms with E-state index in [9.17, 15) is 19.7 Å². The SMILES string of the molecule is CCOC(=O)C1=C(c2ccccc2)N(C[SeH])C(C)=C(C(=O)OC(C)OC)C1c1ccccc1[N+](=O)[O-]. The van der Waals surface area contributed by atoms with Crippen LogP contribution in [0.4, 0.5) is 5.69 Å². The third kappa shape index (κ3) is 5.36. The van der Waals surface area contributed by atoms with Crippen LogP contribution in [-0.2, 0) is 23.8 Å². The normalized spacial score (nSPS) is 16.6. The molecule has 190 valence electrons. The van der Waals surface area contributed by atoms with Crippen LogP contribution in [0.25, 0.3) is 5.70 Å². The Balaban J connectivity index is 2.44. The standard InChI is InChI=1S/C26H28N2O7Se/c1-5-34-25(29)23-22(19-13-9-10-14-20(19)28(31)32)21(26(30)35-17(3)33-4)16(2)27(15-36)24(23)18-11-7-6-8-12-18/h6-14,17,22,36H,5,15H2,1-4H3. The van der Waals surface area contributed by atoms with Crippen molar-refractivity contribution >= 4 is 39.3 Å². The fraction of sp³-hybridized carbons (Fsp3) is 0.308. The first kappa shape index (κ1) is 27.1. The molecule has 0 radical (unpaired) electrons. The van der Waals surface area contributed by atoms with Gasteiger partial charge in [0.2, 0.25) is 0 Å². The van der Waals surface area contributed by atoms with Gasteiger partial charge in [0.15, 0.2) is 0 Å². The van der Waals surface area contributed by atoms with E-state index in [4.69, 9.17) is 14.2 Å². The van der Waals surface area contributed by atoms with Gasteiger partial charge in [-0.15, -0.1) is 0 Å². The van der Waals surface area contributed by atoms with E-state index < -0.39 is 29.1 Å². The third-order valence-corrected chi connectivity index (χ3v) is 6.44. The summed E-state index contributed by atoms with van der Waals surface area (Å²) in [5, 5.41) is 12.0. The summed E-state index contributed by atoms with van der Waals surface area (Å²) in [4.78, 5) is 40.4. The summed E-state index contributed by atoms with van der Waals surface area (Å²) < 4.78 is 16.0. The molecule has 36 heavy (non-hydrogen) atoms. The second-order valence-corrected chi connectivity index (χ2v) is 8.47. The van der Waals surface area contributed by atoms with Gasteiger partial charge in [-0.1, -0.05) is 0 Å². The molecule has 0 amide bonds. The fourth-order valence-electron chi connectivity index (χ4n) is 4.19. The molecule has 0 N–H and O–H groups in total. The van der Waals surface area contributed by atoms with Crippen molar-refractivity contribution in [3.8, 4) is 0 Å². The van der Waals surface area contributed by atoms with E-state index in [1.165, 1.54) is 19.2 Å². The van der Waals surface area contributed by atoms with E-state index in [1.807, 2.05) is 30.3 Å². The average Bonchev–Trinajstić information content (AvgIpc) is 2.88. The molecule has 0 aromatic heterocycles. The van der Waals surface area contributed by atoms with Gasteiger partial charge in [0, 0.05) is 0 Å². The Bertz CT molecular complexity index is 1210. The maximum absolute atomic E-state index is 13.6. The van der Waals surface area contributed by atoms with Crippen LogP contribution in [0.2, 0.25) is 0 Å². The number of methoxy groups -OCH3 is 1. The molecule has 1 aliphatic heterocycles. The molecule has 2 aromatic carbocycles. The molecule has 0 fully saturated rings. The van der Waals surface area contributed by atoms with Crippen LogP contribution in [0, 0.1) is 10.1 Å². The van der Waals surface area contributed by atoms with Crippen LogP contribution in [0.15, 0.2) is 71.4 Å². The summed E-state index contributed by atoms with van der Waals surface area (Å²) >= 11 is 2.42. The second kappa shape index (κ2) is 12.0. The van der Waals surface area contributed by atoms with E-state index >= 15 is 0 Å². The molecular weight excluding hydrogens is 531 g/mol. The van der Waals surface area contributed by atoms with Gasteiger partial charge in [0.1, 0.15) is 0 Å². The van der Waals surface area contributed by atoms with E-state index in [0.29, 0.717) is 22.4 Å². The number of allylic oxidation sites excluding steroid dienone is 1. The van der Waals surface area contributed by atoms with Gasteiger partial charge in [0.25, 0.3) is 0 Å². The summed E-state index contributed by atoms with van der Waals surface area (Å²) in [6, 6.07) is 15.2. The quantitative estimate of drug-likeness (QED) is 0.151. The van der Waals surface area contributed by atoms with Gasteiger partial charge in [-0.25, -0.2) is 0 Å². The van der Waals surface area contributed by atoms with Crippen molar-refractivity contribution in [2.24, 2.45) is 0 Å². The topological polar surface area (TPSA) is 108 Å². The number of carbonyl (C=O) groups excluding carboxylic acids is 2. The number of para-hydroxylation sites is 1. The minimum absolute atomic E-state index is 0.0827. The van der Waals surface area contributed by atoms with Crippen LogP contribution < -0.4 is 0 Å². The van der Waals surface area contributed by atoms with Gasteiger partial charge in [0.05, 0.1) is 0 Å². The van der Waals surface area contributed by atoms with Crippen LogP contribution in [-0.4, -0.2) is 63.2 Å². The van der Waals surface area contributed by atoms with E-state index in [2.05, 4.69) is 16.0 Å². The molecule has 2 atom stereocenters. The zero-order chi connectivity index (χ0) is 26.4.